The Morgan fingerprint density at radius 1 is 1.10 bits per heavy atom. The molecule has 0 aliphatic heterocycles. The van der Waals surface area contributed by atoms with E-state index in [0.717, 1.165) is 46.5 Å². The molecule has 41 heavy (non-hydrogen) atoms. The van der Waals surface area contributed by atoms with Gasteiger partial charge in [-0.1, -0.05) is 58.3 Å². The van der Waals surface area contributed by atoms with Crippen molar-refractivity contribution in [1.82, 2.24) is 14.8 Å². The third kappa shape index (κ3) is 5.75. The Hall–Kier alpha value is -4.03. The smallest absolute Gasteiger partial charge is 0.355 e. The van der Waals surface area contributed by atoms with Crippen LogP contribution in [-0.2, 0) is 21.6 Å². The monoisotopic (exact) mass is 590 g/mol. The molecule has 1 aliphatic rings. The molecule has 1 saturated carbocycles. The van der Waals surface area contributed by atoms with E-state index < -0.39 is 22.8 Å². The Morgan fingerprint density at radius 3 is 2.46 bits per heavy atom. The Balaban J connectivity index is 0.00000337. The molecule has 210 valence electrons. The van der Waals surface area contributed by atoms with Crippen molar-refractivity contribution in [2.45, 2.75) is 37.0 Å². The van der Waals surface area contributed by atoms with Gasteiger partial charge in [-0.05, 0) is 54.7 Å². The van der Waals surface area contributed by atoms with Gasteiger partial charge >= 0.3 is 5.97 Å². The SMILES string of the molecule is Cc1ccc(-c2cccc(-c3nn(-c4nc(C(=O)O)cs4)c(C4CC4)c3Cc3ccc([SH+](N)=O)c(F)c3)c2)cc1.[OH-]. The molecular formula is C30H27FN4O4S2. The van der Waals surface area contributed by atoms with Crippen molar-refractivity contribution in [2.75, 3.05) is 0 Å². The molecule has 1 atom stereocenters. The highest BCUT2D eigenvalue weighted by atomic mass is 32.2. The number of thiazole rings is 1. The van der Waals surface area contributed by atoms with Crippen molar-refractivity contribution >= 4 is 28.3 Å². The molecule has 1 fully saturated rings. The van der Waals surface area contributed by atoms with Gasteiger partial charge in [0.2, 0.25) is 10.0 Å². The predicted octanol–water partition coefficient (Wildman–Crippen LogP) is 6.03. The molecule has 2 aromatic heterocycles. The molecule has 0 spiro atoms. The van der Waals surface area contributed by atoms with Gasteiger partial charge in [-0.15, -0.1) is 16.5 Å². The summed E-state index contributed by atoms with van der Waals surface area (Å²) in [4.78, 5) is 15.9. The number of hydrogen-bond donors (Lipinski definition) is 2. The number of hydrogen-bond acceptors (Lipinski definition) is 6. The zero-order valence-corrected chi connectivity index (χ0v) is 23.7. The zero-order valence-electron chi connectivity index (χ0n) is 22.0. The van der Waals surface area contributed by atoms with E-state index in [4.69, 9.17) is 10.2 Å². The third-order valence-corrected chi connectivity index (χ3v) is 8.68. The van der Waals surface area contributed by atoms with Crippen LogP contribution in [0.15, 0.2) is 77.0 Å². The van der Waals surface area contributed by atoms with E-state index in [9.17, 15) is 18.5 Å². The molecule has 4 N–H and O–H groups in total. The van der Waals surface area contributed by atoms with Crippen molar-refractivity contribution in [3.8, 4) is 27.5 Å². The number of aryl methyl sites for hydroxylation is 1. The summed E-state index contributed by atoms with van der Waals surface area (Å²) in [7, 11) is -2.29. The van der Waals surface area contributed by atoms with Crippen LogP contribution in [0.25, 0.3) is 27.5 Å². The van der Waals surface area contributed by atoms with E-state index in [2.05, 4.69) is 41.4 Å². The Labute approximate surface area is 242 Å². The number of carboxylic acid groups (broad SMARTS) is 1. The predicted molar refractivity (Wildman–Crippen MR) is 157 cm³/mol. The molecule has 5 aromatic rings. The largest absolute Gasteiger partial charge is 0.870 e. The van der Waals surface area contributed by atoms with Crippen LogP contribution in [0.3, 0.4) is 0 Å². The van der Waals surface area contributed by atoms with Crippen molar-refractivity contribution in [3.05, 3.63) is 106 Å². The van der Waals surface area contributed by atoms with E-state index in [0.29, 0.717) is 17.1 Å². The van der Waals surface area contributed by atoms with Gasteiger partial charge in [-0.2, -0.15) is 5.10 Å². The molecule has 0 amide bonds. The lowest BCUT2D eigenvalue weighted by Crippen LogP contribution is -2.06. The van der Waals surface area contributed by atoms with Gasteiger partial charge in [0.1, 0.15) is 0 Å². The van der Waals surface area contributed by atoms with Crippen molar-refractivity contribution in [3.63, 3.8) is 0 Å². The summed E-state index contributed by atoms with van der Waals surface area (Å²) in [6.45, 7) is 2.05. The topological polar surface area (TPSA) is 141 Å². The van der Waals surface area contributed by atoms with Gasteiger partial charge in [0.25, 0.3) is 0 Å². The van der Waals surface area contributed by atoms with E-state index >= 15 is 0 Å². The number of aromatic carboxylic acids is 1. The molecule has 6 rings (SSSR count). The molecule has 0 bridgehead atoms. The van der Waals surface area contributed by atoms with Crippen molar-refractivity contribution in [2.24, 2.45) is 5.14 Å². The van der Waals surface area contributed by atoms with E-state index in [1.165, 1.54) is 34.4 Å². The molecule has 2 heterocycles. The molecule has 3 aromatic carbocycles. The highest BCUT2D eigenvalue weighted by Gasteiger charge is 2.34. The van der Waals surface area contributed by atoms with Crippen LogP contribution in [0.5, 0.6) is 0 Å². The van der Waals surface area contributed by atoms with E-state index in [-0.39, 0.29) is 22.0 Å². The first-order valence-electron chi connectivity index (χ1n) is 12.8. The minimum absolute atomic E-state index is 0. The van der Waals surface area contributed by atoms with Crippen LogP contribution in [0.4, 0.5) is 4.39 Å². The molecular weight excluding hydrogens is 563 g/mol. The highest BCUT2D eigenvalue weighted by Crippen LogP contribution is 2.46. The van der Waals surface area contributed by atoms with Gasteiger partial charge in [0.15, 0.2) is 22.5 Å². The number of carboxylic acids is 1. The fraction of sp³-hybridized carbons (Fsp3) is 0.167. The quantitative estimate of drug-likeness (QED) is 0.167. The number of rotatable bonds is 8. The van der Waals surface area contributed by atoms with Crippen LogP contribution >= 0.6 is 11.3 Å². The first-order valence-corrected chi connectivity index (χ1v) is 15.0. The zero-order chi connectivity index (χ0) is 28.0. The summed E-state index contributed by atoms with van der Waals surface area (Å²) in [6.07, 6.45) is 2.32. The number of aromatic nitrogens is 3. The van der Waals surface area contributed by atoms with Gasteiger partial charge in [0.05, 0.1) is 11.4 Å². The number of benzene rings is 3. The summed E-state index contributed by atoms with van der Waals surface area (Å²) in [5.41, 5.74) is 7.47. The van der Waals surface area contributed by atoms with Crippen LogP contribution in [0.2, 0.25) is 0 Å². The van der Waals surface area contributed by atoms with Gasteiger partial charge in [0, 0.05) is 28.8 Å². The number of carbonyl (C=O) groups is 1. The lowest BCUT2D eigenvalue weighted by atomic mass is 9.95. The molecule has 11 heteroatoms. The highest BCUT2D eigenvalue weighted by molar-refractivity contribution is 7.82. The summed E-state index contributed by atoms with van der Waals surface area (Å²) in [6, 6.07) is 21.0. The van der Waals surface area contributed by atoms with Crippen molar-refractivity contribution in [1.29, 1.82) is 0 Å². The Bertz CT molecular complexity index is 1780. The minimum Gasteiger partial charge on any atom is -0.870 e. The Morgan fingerprint density at radius 2 is 1.83 bits per heavy atom. The van der Waals surface area contributed by atoms with Gasteiger partial charge in [-0.3, -0.25) is 0 Å². The maximum absolute atomic E-state index is 14.8. The lowest BCUT2D eigenvalue weighted by Gasteiger charge is -2.09. The first-order chi connectivity index (χ1) is 19.3. The number of halogens is 1. The second kappa shape index (κ2) is 11.5. The molecule has 8 nitrogen and oxygen atoms in total. The summed E-state index contributed by atoms with van der Waals surface area (Å²) in [5, 5.41) is 21.9. The van der Waals surface area contributed by atoms with Crippen LogP contribution in [0, 0.1) is 12.7 Å². The molecule has 0 saturated heterocycles. The Kier molecular flexibility index (Phi) is 7.96. The number of nitrogens with zero attached hydrogens (tertiary/aromatic N) is 3. The van der Waals surface area contributed by atoms with Crippen molar-refractivity contribution < 1.29 is 24.0 Å². The fourth-order valence-corrected chi connectivity index (χ4v) is 6.14. The van der Waals surface area contributed by atoms with Crippen LogP contribution in [0.1, 0.15) is 51.6 Å². The molecule has 1 aliphatic carbocycles. The molecule has 0 radical (unpaired) electrons. The van der Waals surface area contributed by atoms with E-state index in [1.807, 2.05) is 19.1 Å². The van der Waals surface area contributed by atoms with Crippen LogP contribution < -0.4 is 5.14 Å². The average Bonchev–Trinajstić information content (AvgIpc) is 3.51. The summed E-state index contributed by atoms with van der Waals surface area (Å²) < 4.78 is 28.3. The van der Waals surface area contributed by atoms with E-state index in [1.54, 1.807) is 10.7 Å². The third-order valence-electron chi connectivity index (χ3n) is 7.03. The lowest BCUT2D eigenvalue weighted by molar-refractivity contribution is 0.0691. The molecule has 1 unspecified atom stereocenters. The summed E-state index contributed by atoms with van der Waals surface area (Å²) in [5.74, 6) is -1.46. The van der Waals surface area contributed by atoms with Gasteiger partial charge in [-0.25, -0.2) is 18.9 Å². The normalized spacial score (nSPS) is 13.5. The maximum Gasteiger partial charge on any atom is 0.355 e. The number of thiol groups is 1. The second-order valence-corrected chi connectivity index (χ2v) is 11.9. The fourth-order valence-electron chi connectivity index (χ4n) is 4.89. The summed E-state index contributed by atoms with van der Waals surface area (Å²) >= 11 is 1.22. The maximum atomic E-state index is 14.8. The second-order valence-electron chi connectivity index (χ2n) is 9.95. The first kappa shape index (κ1) is 28.5. The minimum atomic E-state index is -2.29. The van der Waals surface area contributed by atoms with Gasteiger partial charge < -0.3 is 10.6 Å². The standard InChI is InChI=1S/C30H25FN4O3S2.H2O/c1-17-5-8-19(9-6-17)21-3-2-4-22(15-21)27-23(13-18-7-12-26(40(32)38)24(31)14-18)28(20-10-11-20)35(34-27)30-33-25(16-39-30)29(36)37;/h2-9,12,14-16,20H,10-11,13H2,1H3,(H2,32,38)(H,36,37);1H2. The average molecular weight is 591 g/mol. The number of nitrogens with two attached hydrogens (primary N) is 1. The van der Waals surface area contributed by atoms with Crippen LogP contribution in [-0.4, -0.2) is 31.3 Å².